The van der Waals surface area contributed by atoms with Gasteiger partial charge in [-0.25, -0.2) is 0 Å². The molecule has 0 atom stereocenters. The molecular weight excluding hydrogens is 226 g/mol. The van der Waals surface area contributed by atoms with Crippen LogP contribution in [-0.2, 0) is 4.79 Å². The number of carbonyl (C=O) groups excluding carboxylic acids is 1. The molecule has 0 N–H and O–H groups in total. The van der Waals surface area contributed by atoms with Gasteiger partial charge in [0.1, 0.15) is 11.6 Å². The molecule has 0 rings (SSSR count). The molecule has 0 heterocycles. The molecule has 98 valence electrons. The normalized spacial score (nSPS) is 10.4. The summed E-state index contributed by atoms with van der Waals surface area (Å²) in [6.45, 7) is 13.5. The largest absolute Gasteiger partial charge is 0.377 e. The van der Waals surface area contributed by atoms with Crippen molar-refractivity contribution in [2.45, 2.75) is 13.8 Å². The summed E-state index contributed by atoms with van der Waals surface area (Å²) >= 11 is 0. The topological polar surface area (TPSA) is 47.3 Å². The van der Waals surface area contributed by atoms with Crippen LogP contribution in [0.25, 0.3) is 0 Å². The van der Waals surface area contributed by atoms with E-state index in [1.54, 1.807) is 18.4 Å². The minimum Gasteiger partial charge on any atom is -0.377 e. The lowest BCUT2D eigenvalue weighted by atomic mass is 10.2. The molecule has 0 aliphatic carbocycles. The molecule has 0 aromatic heterocycles. The maximum atomic E-state index is 12.1. The van der Waals surface area contributed by atoms with Crippen LogP contribution in [0.5, 0.6) is 0 Å². The van der Waals surface area contributed by atoms with E-state index in [0.717, 1.165) is 13.1 Å². The molecule has 0 aliphatic heterocycles. The van der Waals surface area contributed by atoms with Gasteiger partial charge in [-0.05, 0) is 13.8 Å². The van der Waals surface area contributed by atoms with Gasteiger partial charge in [0.15, 0.2) is 0 Å². The molecule has 4 heteroatoms. The third-order valence-corrected chi connectivity index (χ3v) is 2.46. The number of hydrogen-bond acceptors (Lipinski definition) is 3. The van der Waals surface area contributed by atoms with Gasteiger partial charge in [0.25, 0.3) is 5.91 Å². The first kappa shape index (κ1) is 16.0. The van der Waals surface area contributed by atoms with Gasteiger partial charge in [0, 0.05) is 32.4 Å². The summed E-state index contributed by atoms with van der Waals surface area (Å²) in [4.78, 5) is 15.6. The molecule has 0 unspecified atom stereocenters. The van der Waals surface area contributed by atoms with Gasteiger partial charge in [-0.2, -0.15) is 5.26 Å². The molecule has 0 spiro atoms. The fourth-order valence-corrected chi connectivity index (χ4v) is 1.44. The first-order valence-corrected chi connectivity index (χ1v) is 6.01. The summed E-state index contributed by atoms with van der Waals surface area (Å²) < 4.78 is 0. The van der Waals surface area contributed by atoms with E-state index in [2.05, 4.69) is 13.2 Å². The molecule has 0 radical (unpaired) electrons. The molecule has 0 aromatic carbocycles. The lowest BCUT2D eigenvalue weighted by molar-refractivity contribution is -0.125. The van der Waals surface area contributed by atoms with Crippen LogP contribution in [0.1, 0.15) is 13.8 Å². The Kier molecular flexibility index (Phi) is 8.04. The summed E-state index contributed by atoms with van der Waals surface area (Å²) in [5, 5.41) is 9.08. The van der Waals surface area contributed by atoms with Gasteiger partial charge in [0.2, 0.25) is 0 Å². The van der Waals surface area contributed by atoms with Crippen LogP contribution in [0.2, 0.25) is 0 Å². The van der Waals surface area contributed by atoms with Gasteiger partial charge in [-0.1, -0.05) is 12.2 Å². The number of carbonyl (C=O) groups is 1. The van der Waals surface area contributed by atoms with Crippen LogP contribution in [0.4, 0.5) is 0 Å². The maximum absolute atomic E-state index is 12.1. The Morgan fingerprint density at radius 1 is 1.22 bits per heavy atom. The molecule has 0 aliphatic rings. The summed E-state index contributed by atoms with van der Waals surface area (Å²) in [5.41, 5.74) is 0.141. The Morgan fingerprint density at radius 2 is 1.72 bits per heavy atom. The summed E-state index contributed by atoms with van der Waals surface area (Å²) in [7, 11) is 0. The lowest BCUT2D eigenvalue weighted by Crippen LogP contribution is -2.33. The van der Waals surface area contributed by atoms with Crippen molar-refractivity contribution in [3.8, 4) is 6.07 Å². The summed E-state index contributed by atoms with van der Waals surface area (Å²) in [6.07, 6.45) is 4.88. The maximum Gasteiger partial charge on any atom is 0.266 e. The fourth-order valence-electron chi connectivity index (χ4n) is 1.44. The van der Waals surface area contributed by atoms with E-state index in [-0.39, 0.29) is 11.5 Å². The molecule has 0 bridgehead atoms. The number of hydrogen-bond donors (Lipinski definition) is 0. The van der Waals surface area contributed by atoms with Crippen molar-refractivity contribution < 1.29 is 4.79 Å². The number of amides is 1. The zero-order valence-corrected chi connectivity index (χ0v) is 11.2. The highest BCUT2D eigenvalue weighted by Gasteiger charge is 2.16. The predicted molar refractivity (Wildman–Crippen MR) is 73.6 cm³/mol. The van der Waals surface area contributed by atoms with Gasteiger partial charge in [-0.15, -0.1) is 13.2 Å². The van der Waals surface area contributed by atoms with Crippen LogP contribution in [0, 0.1) is 11.3 Å². The minimum atomic E-state index is -0.288. The molecule has 1 amide bonds. The number of rotatable bonds is 8. The Labute approximate surface area is 109 Å². The van der Waals surface area contributed by atoms with E-state index in [1.165, 1.54) is 4.90 Å². The number of nitrogens with zero attached hydrogens (tertiary/aromatic N) is 3. The monoisotopic (exact) mass is 247 g/mol. The van der Waals surface area contributed by atoms with Crippen LogP contribution in [0.15, 0.2) is 37.1 Å². The SMILES string of the molecule is C=CCN(CC=C)C(=O)/C(C#N)=C\N(CC)CC. The molecule has 18 heavy (non-hydrogen) atoms. The highest BCUT2D eigenvalue weighted by molar-refractivity contribution is 5.97. The minimum absolute atomic E-state index is 0.141. The van der Waals surface area contributed by atoms with Crippen molar-refractivity contribution in [3.05, 3.63) is 37.1 Å². The third-order valence-electron chi connectivity index (χ3n) is 2.46. The second-order valence-electron chi connectivity index (χ2n) is 3.66. The van der Waals surface area contributed by atoms with Crippen molar-refractivity contribution in [2.75, 3.05) is 26.2 Å². The second-order valence-corrected chi connectivity index (χ2v) is 3.66. The van der Waals surface area contributed by atoms with Crippen LogP contribution >= 0.6 is 0 Å². The van der Waals surface area contributed by atoms with E-state index < -0.39 is 0 Å². The van der Waals surface area contributed by atoms with E-state index >= 15 is 0 Å². The summed E-state index contributed by atoms with van der Waals surface area (Å²) in [6, 6.07) is 1.96. The van der Waals surface area contributed by atoms with Crippen molar-refractivity contribution in [2.24, 2.45) is 0 Å². The zero-order chi connectivity index (χ0) is 14.0. The molecule has 0 fully saturated rings. The molecule has 0 saturated carbocycles. The smallest absolute Gasteiger partial charge is 0.266 e. The van der Waals surface area contributed by atoms with Crippen molar-refractivity contribution in [1.29, 1.82) is 5.26 Å². The van der Waals surface area contributed by atoms with Crippen molar-refractivity contribution >= 4 is 5.91 Å². The molecule has 0 aromatic rings. The second kappa shape index (κ2) is 9.06. The fraction of sp³-hybridized carbons (Fsp3) is 0.429. The van der Waals surface area contributed by atoms with Crippen LogP contribution in [0.3, 0.4) is 0 Å². The average molecular weight is 247 g/mol. The van der Waals surface area contributed by atoms with Crippen molar-refractivity contribution in [1.82, 2.24) is 9.80 Å². The van der Waals surface area contributed by atoms with E-state index in [1.807, 2.05) is 24.8 Å². The lowest BCUT2D eigenvalue weighted by Gasteiger charge is -2.21. The molecule has 4 nitrogen and oxygen atoms in total. The Morgan fingerprint density at radius 3 is 2.06 bits per heavy atom. The van der Waals surface area contributed by atoms with Gasteiger partial charge < -0.3 is 9.80 Å². The first-order chi connectivity index (χ1) is 8.64. The van der Waals surface area contributed by atoms with E-state index in [4.69, 9.17) is 5.26 Å². The third kappa shape index (κ3) is 4.88. The number of nitriles is 1. The highest BCUT2D eigenvalue weighted by atomic mass is 16.2. The van der Waals surface area contributed by atoms with Gasteiger partial charge in [-0.3, -0.25) is 4.79 Å². The highest BCUT2D eigenvalue weighted by Crippen LogP contribution is 2.04. The summed E-state index contributed by atoms with van der Waals surface area (Å²) in [5.74, 6) is -0.288. The first-order valence-electron chi connectivity index (χ1n) is 6.01. The molecule has 0 saturated heterocycles. The predicted octanol–water partition coefficient (Wildman–Crippen LogP) is 1.94. The Hall–Kier alpha value is -2.02. The van der Waals surface area contributed by atoms with E-state index in [0.29, 0.717) is 13.1 Å². The van der Waals surface area contributed by atoms with Crippen LogP contribution < -0.4 is 0 Å². The Balaban J connectivity index is 5.03. The van der Waals surface area contributed by atoms with Gasteiger partial charge >= 0.3 is 0 Å². The van der Waals surface area contributed by atoms with Crippen LogP contribution in [-0.4, -0.2) is 41.9 Å². The average Bonchev–Trinajstić information content (AvgIpc) is 2.39. The van der Waals surface area contributed by atoms with E-state index in [9.17, 15) is 4.79 Å². The Bertz CT molecular complexity index is 352. The quantitative estimate of drug-likeness (QED) is 0.374. The zero-order valence-electron chi connectivity index (χ0n) is 11.2. The van der Waals surface area contributed by atoms with Crippen molar-refractivity contribution in [3.63, 3.8) is 0 Å². The van der Waals surface area contributed by atoms with Gasteiger partial charge in [0.05, 0.1) is 0 Å². The standard InChI is InChI=1S/C14H21N3O/c1-5-9-17(10-6-2)14(18)13(11-15)12-16(7-3)8-4/h5-6,12H,1-2,7-10H2,3-4H3/b13-12-. The molecular formula is C14H21N3O.